The van der Waals surface area contributed by atoms with Crippen molar-refractivity contribution in [1.29, 1.82) is 0 Å². The van der Waals surface area contributed by atoms with Crippen LogP contribution in [0.25, 0.3) is 0 Å². The van der Waals surface area contributed by atoms with Gasteiger partial charge in [0, 0.05) is 0 Å². The minimum absolute atomic E-state index is 0.720. The molecule has 0 aromatic rings. The Morgan fingerprint density at radius 1 is 1.40 bits per heavy atom. The highest BCUT2D eigenvalue weighted by molar-refractivity contribution is 4.90. The first-order valence-corrected chi connectivity index (χ1v) is 4.12. The maximum Gasteiger partial charge on any atom is -0.0202 e. The Labute approximate surface area is 64.6 Å². The van der Waals surface area contributed by atoms with E-state index in [1.165, 1.54) is 6.42 Å². The molecule has 0 saturated heterocycles. The van der Waals surface area contributed by atoms with Crippen molar-refractivity contribution in [3.05, 3.63) is 24.8 Å². The fraction of sp³-hybridized carbons (Fsp3) is 0.600. The van der Waals surface area contributed by atoms with Crippen LogP contribution in [0.15, 0.2) is 24.8 Å². The Bertz CT molecular complexity index is 101. The molecule has 1 atom stereocenters. The van der Waals surface area contributed by atoms with Gasteiger partial charge in [-0.2, -0.15) is 0 Å². The SMILES string of the molecule is C=CCC(C=CCC)CC. The van der Waals surface area contributed by atoms with Gasteiger partial charge in [-0.05, 0) is 25.2 Å². The average Bonchev–Trinajstić information content (AvgIpc) is 1.98. The summed E-state index contributed by atoms with van der Waals surface area (Å²) in [6, 6.07) is 0. The molecule has 58 valence electrons. The van der Waals surface area contributed by atoms with Crippen LogP contribution >= 0.6 is 0 Å². The summed E-state index contributed by atoms with van der Waals surface area (Å²) in [5.74, 6) is 0.720. The first-order valence-electron chi connectivity index (χ1n) is 4.12. The molecule has 0 aliphatic heterocycles. The highest BCUT2D eigenvalue weighted by Crippen LogP contribution is 2.10. The van der Waals surface area contributed by atoms with Gasteiger partial charge in [-0.15, -0.1) is 6.58 Å². The lowest BCUT2D eigenvalue weighted by Gasteiger charge is -2.04. The molecule has 0 rings (SSSR count). The molecule has 0 fully saturated rings. The predicted octanol–water partition coefficient (Wildman–Crippen LogP) is 3.55. The van der Waals surface area contributed by atoms with Crippen LogP contribution in [0.5, 0.6) is 0 Å². The molecular weight excluding hydrogens is 120 g/mol. The van der Waals surface area contributed by atoms with Crippen molar-refractivity contribution in [2.75, 3.05) is 0 Å². The second-order valence-electron chi connectivity index (χ2n) is 2.53. The van der Waals surface area contributed by atoms with E-state index in [1.54, 1.807) is 0 Å². The Hall–Kier alpha value is -0.520. The zero-order valence-electron chi connectivity index (χ0n) is 7.14. The van der Waals surface area contributed by atoms with Crippen LogP contribution in [-0.4, -0.2) is 0 Å². The quantitative estimate of drug-likeness (QED) is 0.510. The molecular formula is C10H18. The third-order valence-electron chi connectivity index (χ3n) is 1.64. The summed E-state index contributed by atoms with van der Waals surface area (Å²) in [6.45, 7) is 8.10. The molecule has 0 radical (unpaired) electrons. The van der Waals surface area contributed by atoms with Gasteiger partial charge in [0.15, 0.2) is 0 Å². The summed E-state index contributed by atoms with van der Waals surface area (Å²) in [5.41, 5.74) is 0. The van der Waals surface area contributed by atoms with Crippen LogP contribution in [0.1, 0.15) is 33.1 Å². The second-order valence-corrected chi connectivity index (χ2v) is 2.53. The van der Waals surface area contributed by atoms with Gasteiger partial charge in [-0.3, -0.25) is 0 Å². The van der Waals surface area contributed by atoms with Crippen LogP contribution in [0.2, 0.25) is 0 Å². The summed E-state index contributed by atoms with van der Waals surface area (Å²) in [4.78, 5) is 0. The maximum atomic E-state index is 3.72. The van der Waals surface area contributed by atoms with E-state index in [4.69, 9.17) is 0 Å². The highest BCUT2D eigenvalue weighted by atomic mass is 14.0. The van der Waals surface area contributed by atoms with Gasteiger partial charge >= 0.3 is 0 Å². The van der Waals surface area contributed by atoms with Crippen molar-refractivity contribution < 1.29 is 0 Å². The van der Waals surface area contributed by atoms with Crippen molar-refractivity contribution in [2.24, 2.45) is 5.92 Å². The van der Waals surface area contributed by atoms with Crippen molar-refractivity contribution >= 4 is 0 Å². The standard InChI is InChI=1S/C10H18/c1-4-7-9-10(6-3)8-5-2/h5,7,9-10H,2,4,6,8H2,1,3H3. The highest BCUT2D eigenvalue weighted by Gasteiger charge is 1.95. The molecule has 0 aromatic carbocycles. The fourth-order valence-electron chi connectivity index (χ4n) is 0.924. The monoisotopic (exact) mass is 138 g/mol. The van der Waals surface area contributed by atoms with E-state index in [0.717, 1.165) is 18.8 Å². The van der Waals surface area contributed by atoms with E-state index in [1.807, 2.05) is 6.08 Å². The Morgan fingerprint density at radius 3 is 2.50 bits per heavy atom. The molecule has 10 heavy (non-hydrogen) atoms. The van der Waals surface area contributed by atoms with Gasteiger partial charge in [0.25, 0.3) is 0 Å². The Morgan fingerprint density at radius 2 is 2.10 bits per heavy atom. The van der Waals surface area contributed by atoms with E-state index in [2.05, 4.69) is 32.6 Å². The van der Waals surface area contributed by atoms with Crippen LogP contribution in [0.3, 0.4) is 0 Å². The lowest BCUT2D eigenvalue weighted by atomic mass is 10.0. The summed E-state index contributed by atoms with van der Waals surface area (Å²) >= 11 is 0. The number of hydrogen-bond acceptors (Lipinski definition) is 0. The predicted molar refractivity (Wildman–Crippen MR) is 48.0 cm³/mol. The molecule has 0 heteroatoms. The van der Waals surface area contributed by atoms with Crippen molar-refractivity contribution in [1.82, 2.24) is 0 Å². The molecule has 0 aromatic heterocycles. The molecule has 0 heterocycles. The van der Waals surface area contributed by atoms with Crippen LogP contribution < -0.4 is 0 Å². The van der Waals surface area contributed by atoms with Crippen LogP contribution in [-0.2, 0) is 0 Å². The lowest BCUT2D eigenvalue weighted by Crippen LogP contribution is -1.90. The van der Waals surface area contributed by atoms with Gasteiger partial charge in [-0.25, -0.2) is 0 Å². The minimum atomic E-state index is 0.720. The first kappa shape index (κ1) is 9.48. The average molecular weight is 138 g/mol. The molecule has 0 aliphatic carbocycles. The number of rotatable bonds is 5. The Balaban J connectivity index is 3.58. The second kappa shape index (κ2) is 6.60. The molecule has 1 unspecified atom stereocenters. The molecule has 0 aliphatic rings. The summed E-state index contributed by atoms with van der Waals surface area (Å²) < 4.78 is 0. The van der Waals surface area contributed by atoms with E-state index >= 15 is 0 Å². The van der Waals surface area contributed by atoms with Gasteiger partial charge in [0.1, 0.15) is 0 Å². The van der Waals surface area contributed by atoms with Gasteiger partial charge in [0.05, 0.1) is 0 Å². The molecule has 0 saturated carbocycles. The van der Waals surface area contributed by atoms with E-state index in [9.17, 15) is 0 Å². The van der Waals surface area contributed by atoms with E-state index < -0.39 is 0 Å². The summed E-state index contributed by atoms with van der Waals surface area (Å²) in [6.07, 6.45) is 10.0. The maximum absolute atomic E-state index is 3.72. The van der Waals surface area contributed by atoms with Gasteiger partial charge in [-0.1, -0.05) is 32.1 Å². The first-order chi connectivity index (χ1) is 4.85. The number of allylic oxidation sites excluding steroid dienone is 3. The minimum Gasteiger partial charge on any atom is -0.103 e. The molecule has 0 N–H and O–H groups in total. The van der Waals surface area contributed by atoms with E-state index in [0.29, 0.717) is 0 Å². The normalized spacial score (nSPS) is 13.8. The zero-order valence-corrected chi connectivity index (χ0v) is 7.14. The summed E-state index contributed by atoms with van der Waals surface area (Å²) in [7, 11) is 0. The fourth-order valence-corrected chi connectivity index (χ4v) is 0.924. The zero-order chi connectivity index (χ0) is 7.82. The molecule has 0 nitrogen and oxygen atoms in total. The third-order valence-corrected chi connectivity index (χ3v) is 1.64. The molecule has 0 spiro atoms. The third kappa shape index (κ3) is 4.37. The van der Waals surface area contributed by atoms with Gasteiger partial charge in [0.2, 0.25) is 0 Å². The summed E-state index contributed by atoms with van der Waals surface area (Å²) in [5, 5.41) is 0. The number of hydrogen-bond donors (Lipinski definition) is 0. The topological polar surface area (TPSA) is 0 Å². The van der Waals surface area contributed by atoms with Crippen molar-refractivity contribution in [3.8, 4) is 0 Å². The van der Waals surface area contributed by atoms with E-state index in [-0.39, 0.29) is 0 Å². The largest absolute Gasteiger partial charge is 0.103 e. The smallest absolute Gasteiger partial charge is 0.0202 e. The molecule has 0 bridgehead atoms. The van der Waals surface area contributed by atoms with Crippen molar-refractivity contribution in [2.45, 2.75) is 33.1 Å². The Kier molecular flexibility index (Phi) is 6.25. The molecule has 0 amide bonds. The lowest BCUT2D eigenvalue weighted by molar-refractivity contribution is 0.637. The van der Waals surface area contributed by atoms with Crippen LogP contribution in [0, 0.1) is 5.92 Å². The van der Waals surface area contributed by atoms with Crippen molar-refractivity contribution in [3.63, 3.8) is 0 Å². The van der Waals surface area contributed by atoms with Gasteiger partial charge < -0.3 is 0 Å². The van der Waals surface area contributed by atoms with Crippen LogP contribution in [0.4, 0.5) is 0 Å².